The van der Waals surface area contributed by atoms with Gasteiger partial charge in [-0.05, 0) is 59.1 Å². The number of nitrogens with zero attached hydrogens (tertiary/aromatic N) is 2. The second-order valence-electron chi connectivity index (χ2n) is 6.43. The maximum absolute atomic E-state index is 11.2. The van der Waals surface area contributed by atoms with E-state index in [1.807, 2.05) is 30.3 Å². The van der Waals surface area contributed by atoms with Crippen molar-refractivity contribution in [2.75, 3.05) is 20.7 Å². The van der Waals surface area contributed by atoms with Gasteiger partial charge in [-0.25, -0.2) is 0 Å². The Bertz CT molecular complexity index is 960. The minimum Gasteiger partial charge on any atom is -0.497 e. The van der Waals surface area contributed by atoms with Crippen molar-refractivity contribution in [1.82, 2.24) is 9.88 Å². The molecular formula is C19H19N3O3. The van der Waals surface area contributed by atoms with Gasteiger partial charge in [0.05, 0.1) is 12.6 Å². The van der Waals surface area contributed by atoms with E-state index in [4.69, 9.17) is 4.74 Å². The molecule has 6 heteroatoms. The van der Waals surface area contributed by atoms with Crippen molar-refractivity contribution < 1.29 is 9.84 Å². The number of aromatic amines is 1. The molecule has 0 unspecified atom stereocenters. The van der Waals surface area contributed by atoms with E-state index in [1.54, 1.807) is 7.11 Å². The molecule has 0 saturated carbocycles. The molecule has 2 N–H and O–H groups in total. The molecule has 0 amide bonds. The van der Waals surface area contributed by atoms with Gasteiger partial charge in [0.1, 0.15) is 5.75 Å². The molecule has 0 saturated heterocycles. The molecular weight excluding hydrogens is 318 g/mol. The second kappa shape index (κ2) is 5.89. The molecule has 1 aliphatic rings. The van der Waals surface area contributed by atoms with Crippen molar-refractivity contribution in [3.05, 3.63) is 46.4 Å². The minimum atomic E-state index is -0.174. The van der Waals surface area contributed by atoms with Crippen LogP contribution in [0, 0.1) is 4.91 Å². The third-order valence-electron chi connectivity index (χ3n) is 4.94. The van der Waals surface area contributed by atoms with Crippen LogP contribution in [0.4, 0.5) is 5.69 Å². The molecule has 6 nitrogen and oxygen atoms in total. The number of aromatic hydroxyl groups is 1. The fourth-order valence-electron chi connectivity index (χ4n) is 3.65. The highest BCUT2D eigenvalue weighted by molar-refractivity contribution is 6.00. The molecule has 3 aromatic rings. The molecule has 1 aromatic heterocycles. The number of likely N-dealkylation sites (N-methyl/N-ethyl adjacent to an activating group) is 1. The summed E-state index contributed by atoms with van der Waals surface area (Å²) in [6, 6.07) is 9.83. The van der Waals surface area contributed by atoms with E-state index >= 15 is 0 Å². The monoisotopic (exact) mass is 337 g/mol. The minimum absolute atomic E-state index is 0.0702. The van der Waals surface area contributed by atoms with Gasteiger partial charge in [0.2, 0.25) is 5.88 Å². The third-order valence-corrected chi connectivity index (χ3v) is 4.94. The summed E-state index contributed by atoms with van der Waals surface area (Å²) in [5.74, 6) is 0.625. The number of rotatable bonds is 3. The smallest absolute Gasteiger partial charge is 0.219 e. The number of nitrogens with one attached hydrogen (secondary N) is 1. The standard InChI is InChI=1S/C19H19N3O3/c1-22-8-7-13-14(11-3-5-12(25-2)6-4-11)9-15-17(16(13)10-22)20-19(23)18(15)21-24/h3-6,9,20,23H,7-8,10H2,1-2H3. The van der Waals surface area contributed by atoms with Crippen LogP contribution in [-0.2, 0) is 13.0 Å². The summed E-state index contributed by atoms with van der Waals surface area (Å²) in [4.78, 5) is 16.4. The van der Waals surface area contributed by atoms with Gasteiger partial charge in [-0.1, -0.05) is 12.1 Å². The number of hydrogen-bond donors (Lipinski definition) is 2. The number of nitroso groups, excluding NO2 is 1. The molecule has 0 atom stereocenters. The molecule has 128 valence electrons. The average molecular weight is 337 g/mol. The molecule has 0 spiro atoms. The molecule has 1 aliphatic heterocycles. The van der Waals surface area contributed by atoms with Crippen LogP contribution >= 0.6 is 0 Å². The van der Waals surface area contributed by atoms with E-state index in [0.29, 0.717) is 5.39 Å². The summed E-state index contributed by atoms with van der Waals surface area (Å²) in [5.41, 5.74) is 5.35. The molecule has 4 rings (SSSR count). The molecule has 0 bridgehead atoms. The normalized spacial score (nSPS) is 14.5. The Balaban J connectivity index is 2.01. The van der Waals surface area contributed by atoms with E-state index < -0.39 is 0 Å². The summed E-state index contributed by atoms with van der Waals surface area (Å²) in [5, 5.41) is 13.7. The predicted octanol–water partition coefficient (Wildman–Crippen LogP) is 3.93. The van der Waals surface area contributed by atoms with Gasteiger partial charge in [0, 0.05) is 18.5 Å². The number of methoxy groups -OCH3 is 1. The van der Waals surface area contributed by atoms with Crippen molar-refractivity contribution >= 4 is 16.6 Å². The van der Waals surface area contributed by atoms with Gasteiger partial charge in [-0.3, -0.25) is 0 Å². The zero-order valence-corrected chi connectivity index (χ0v) is 14.2. The summed E-state index contributed by atoms with van der Waals surface area (Å²) >= 11 is 0. The first-order valence-electron chi connectivity index (χ1n) is 8.18. The summed E-state index contributed by atoms with van der Waals surface area (Å²) in [6.07, 6.45) is 0.909. The largest absolute Gasteiger partial charge is 0.497 e. The van der Waals surface area contributed by atoms with Crippen LogP contribution in [0.2, 0.25) is 0 Å². The highest BCUT2D eigenvalue weighted by Crippen LogP contribution is 2.43. The van der Waals surface area contributed by atoms with Gasteiger partial charge in [-0.15, -0.1) is 4.91 Å². The average Bonchev–Trinajstić information content (AvgIpc) is 2.96. The number of ether oxygens (including phenoxy) is 1. The van der Waals surface area contributed by atoms with E-state index in [0.717, 1.165) is 47.5 Å². The Morgan fingerprint density at radius 2 is 2.00 bits per heavy atom. The van der Waals surface area contributed by atoms with Gasteiger partial charge >= 0.3 is 0 Å². The number of fused-ring (bicyclic) bond motifs is 3. The SMILES string of the molecule is COc1ccc(-c2cc3c(N=O)c(O)[nH]c3c3c2CCN(C)C3)cc1. The van der Waals surface area contributed by atoms with Crippen molar-refractivity contribution in [3.63, 3.8) is 0 Å². The molecule has 0 radical (unpaired) electrons. The zero-order valence-electron chi connectivity index (χ0n) is 14.2. The van der Waals surface area contributed by atoms with E-state index in [-0.39, 0.29) is 11.6 Å². The van der Waals surface area contributed by atoms with Gasteiger partial charge < -0.3 is 19.7 Å². The van der Waals surface area contributed by atoms with Crippen LogP contribution < -0.4 is 4.74 Å². The summed E-state index contributed by atoms with van der Waals surface area (Å²) in [7, 11) is 3.71. The molecule has 25 heavy (non-hydrogen) atoms. The Hall–Kier alpha value is -2.86. The maximum atomic E-state index is 11.2. The van der Waals surface area contributed by atoms with Crippen LogP contribution in [0.15, 0.2) is 35.5 Å². The number of aromatic nitrogens is 1. The maximum Gasteiger partial charge on any atom is 0.219 e. The topological polar surface area (TPSA) is 77.9 Å². The van der Waals surface area contributed by atoms with Crippen molar-refractivity contribution in [3.8, 4) is 22.8 Å². The predicted molar refractivity (Wildman–Crippen MR) is 97.4 cm³/mol. The first kappa shape index (κ1) is 15.7. The highest BCUT2D eigenvalue weighted by atomic mass is 16.5. The Labute approximate surface area is 145 Å². The Morgan fingerprint density at radius 1 is 1.24 bits per heavy atom. The lowest BCUT2D eigenvalue weighted by atomic mass is 9.89. The third kappa shape index (κ3) is 2.46. The number of hydrogen-bond acceptors (Lipinski definition) is 5. The Kier molecular flexibility index (Phi) is 3.69. The second-order valence-corrected chi connectivity index (χ2v) is 6.43. The van der Waals surface area contributed by atoms with Crippen LogP contribution in [0.1, 0.15) is 11.1 Å². The van der Waals surface area contributed by atoms with Crippen LogP contribution in [0.25, 0.3) is 22.0 Å². The van der Waals surface area contributed by atoms with Crippen molar-refractivity contribution in [2.45, 2.75) is 13.0 Å². The lowest BCUT2D eigenvalue weighted by molar-refractivity contribution is 0.314. The Morgan fingerprint density at radius 3 is 2.68 bits per heavy atom. The summed E-state index contributed by atoms with van der Waals surface area (Å²) in [6.45, 7) is 1.72. The lowest BCUT2D eigenvalue weighted by Crippen LogP contribution is -2.27. The van der Waals surface area contributed by atoms with E-state index in [2.05, 4.69) is 22.1 Å². The quantitative estimate of drug-likeness (QED) is 0.710. The molecule has 0 aliphatic carbocycles. The first-order valence-corrected chi connectivity index (χ1v) is 8.18. The highest BCUT2D eigenvalue weighted by Gasteiger charge is 2.24. The fourth-order valence-corrected chi connectivity index (χ4v) is 3.65. The van der Waals surface area contributed by atoms with Crippen LogP contribution in [-0.4, -0.2) is 35.7 Å². The van der Waals surface area contributed by atoms with Gasteiger partial charge in [0.15, 0.2) is 5.69 Å². The lowest BCUT2D eigenvalue weighted by Gasteiger charge is -2.27. The number of H-pyrrole nitrogens is 1. The van der Waals surface area contributed by atoms with E-state index in [9.17, 15) is 10.0 Å². The number of benzene rings is 2. The van der Waals surface area contributed by atoms with Gasteiger partial charge in [0.25, 0.3) is 0 Å². The van der Waals surface area contributed by atoms with E-state index in [1.165, 1.54) is 5.56 Å². The molecule has 2 heterocycles. The zero-order chi connectivity index (χ0) is 17.6. The summed E-state index contributed by atoms with van der Waals surface area (Å²) < 4.78 is 5.24. The van der Waals surface area contributed by atoms with Crippen LogP contribution in [0.5, 0.6) is 11.6 Å². The van der Waals surface area contributed by atoms with Crippen LogP contribution in [0.3, 0.4) is 0 Å². The van der Waals surface area contributed by atoms with Crippen molar-refractivity contribution in [1.29, 1.82) is 0 Å². The van der Waals surface area contributed by atoms with Gasteiger partial charge in [-0.2, -0.15) is 0 Å². The van der Waals surface area contributed by atoms with Crippen molar-refractivity contribution in [2.24, 2.45) is 5.18 Å². The molecule has 0 fully saturated rings. The molecule has 2 aromatic carbocycles. The fraction of sp³-hybridized carbons (Fsp3) is 0.263. The first-order chi connectivity index (χ1) is 12.1.